The third-order valence-electron chi connectivity index (χ3n) is 5.36. The van der Waals surface area contributed by atoms with E-state index in [2.05, 4.69) is 10.5 Å². The van der Waals surface area contributed by atoms with Crippen LogP contribution in [0.15, 0.2) is 28.8 Å². The Bertz CT molecular complexity index is 889. The molecule has 3 rings (SSSR count). The normalized spacial score (nSPS) is 15.8. The molecular formula is C23H31N3O5. The highest BCUT2D eigenvalue weighted by molar-refractivity contribution is 5.93. The number of nitrogens with one attached hydrogen (secondary N) is 1. The molecule has 0 unspecified atom stereocenters. The molecule has 0 spiro atoms. The van der Waals surface area contributed by atoms with E-state index in [1.807, 2.05) is 32.0 Å². The van der Waals surface area contributed by atoms with Crippen molar-refractivity contribution in [2.45, 2.75) is 39.2 Å². The Balaban J connectivity index is 1.70. The van der Waals surface area contributed by atoms with Crippen molar-refractivity contribution in [2.75, 3.05) is 40.0 Å². The van der Waals surface area contributed by atoms with Gasteiger partial charge in [0.05, 0.1) is 12.7 Å². The van der Waals surface area contributed by atoms with Crippen LogP contribution in [0.3, 0.4) is 0 Å². The van der Waals surface area contributed by atoms with Crippen LogP contribution in [0.4, 0.5) is 0 Å². The van der Waals surface area contributed by atoms with Crippen LogP contribution in [0.5, 0.6) is 0 Å². The molecule has 0 saturated carbocycles. The van der Waals surface area contributed by atoms with Gasteiger partial charge in [-0.3, -0.25) is 9.59 Å². The van der Waals surface area contributed by atoms with Gasteiger partial charge in [-0.1, -0.05) is 22.9 Å². The zero-order chi connectivity index (χ0) is 22.2. The lowest BCUT2D eigenvalue weighted by atomic mass is 10.0. The summed E-state index contributed by atoms with van der Waals surface area (Å²) < 4.78 is 16.1. The summed E-state index contributed by atoms with van der Waals surface area (Å²) in [5.74, 6) is 0.165. The molecule has 1 aliphatic heterocycles. The predicted molar refractivity (Wildman–Crippen MR) is 116 cm³/mol. The monoisotopic (exact) mass is 429 g/mol. The lowest BCUT2D eigenvalue weighted by Crippen LogP contribution is -2.40. The first-order valence-corrected chi connectivity index (χ1v) is 10.7. The van der Waals surface area contributed by atoms with Crippen molar-refractivity contribution in [2.24, 2.45) is 0 Å². The summed E-state index contributed by atoms with van der Waals surface area (Å²) in [6, 6.07) is 7.73. The first-order chi connectivity index (χ1) is 15.0. The maximum absolute atomic E-state index is 13.2. The topological polar surface area (TPSA) is 93.9 Å². The van der Waals surface area contributed by atoms with Gasteiger partial charge in [-0.2, -0.15) is 0 Å². The fourth-order valence-electron chi connectivity index (χ4n) is 3.59. The van der Waals surface area contributed by atoms with Crippen molar-refractivity contribution >= 4 is 11.8 Å². The minimum Gasteiger partial charge on any atom is -0.383 e. The Morgan fingerprint density at radius 2 is 2.13 bits per heavy atom. The van der Waals surface area contributed by atoms with Crippen LogP contribution in [0.1, 0.15) is 40.9 Å². The molecule has 1 aromatic heterocycles. The van der Waals surface area contributed by atoms with Crippen molar-refractivity contribution in [3.05, 3.63) is 41.1 Å². The average molecular weight is 430 g/mol. The molecule has 1 aromatic carbocycles. The quantitative estimate of drug-likeness (QED) is 0.584. The van der Waals surface area contributed by atoms with Gasteiger partial charge in [-0.15, -0.1) is 0 Å². The van der Waals surface area contributed by atoms with Crippen molar-refractivity contribution in [3.63, 3.8) is 0 Å². The van der Waals surface area contributed by atoms with Crippen LogP contribution in [-0.4, -0.2) is 67.9 Å². The van der Waals surface area contributed by atoms with Crippen molar-refractivity contribution in [1.82, 2.24) is 15.4 Å². The predicted octanol–water partition coefficient (Wildman–Crippen LogP) is 2.73. The zero-order valence-electron chi connectivity index (χ0n) is 18.5. The SMILES string of the molecule is COCCNC(=O)CCN(C[C@@H]1CCCO1)C(=O)c1cc(-c2cc(C)ccc2C)on1. The van der Waals surface area contributed by atoms with E-state index in [-0.39, 0.29) is 36.6 Å². The van der Waals surface area contributed by atoms with E-state index in [1.54, 1.807) is 18.1 Å². The Morgan fingerprint density at radius 3 is 2.87 bits per heavy atom. The smallest absolute Gasteiger partial charge is 0.276 e. The fraction of sp³-hybridized carbons (Fsp3) is 0.522. The Morgan fingerprint density at radius 1 is 1.29 bits per heavy atom. The highest BCUT2D eigenvalue weighted by atomic mass is 16.5. The molecule has 0 bridgehead atoms. The third kappa shape index (κ3) is 6.38. The van der Waals surface area contributed by atoms with Crippen molar-refractivity contribution in [3.8, 4) is 11.3 Å². The van der Waals surface area contributed by atoms with Crippen LogP contribution in [-0.2, 0) is 14.3 Å². The molecule has 0 aliphatic carbocycles. The van der Waals surface area contributed by atoms with E-state index < -0.39 is 0 Å². The summed E-state index contributed by atoms with van der Waals surface area (Å²) in [5.41, 5.74) is 3.29. The molecule has 2 amide bonds. The number of aryl methyl sites for hydroxylation is 2. The number of hydrogen-bond donors (Lipinski definition) is 1. The molecule has 1 N–H and O–H groups in total. The molecule has 1 atom stereocenters. The fourth-order valence-corrected chi connectivity index (χ4v) is 3.59. The molecule has 1 aliphatic rings. The average Bonchev–Trinajstić information content (AvgIpc) is 3.45. The lowest BCUT2D eigenvalue weighted by molar-refractivity contribution is -0.121. The second-order valence-electron chi connectivity index (χ2n) is 7.87. The van der Waals surface area contributed by atoms with Gasteiger partial charge < -0.3 is 24.2 Å². The van der Waals surface area contributed by atoms with Crippen LogP contribution >= 0.6 is 0 Å². The summed E-state index contributed by atoms with van der Waals surface area (Å²) in [6.07, 6.45) is 2.05. The van der Waals surface area contributed by atoms with Gasteiger partial charge in [-0.05, 0) is 38.3 Å². The summed E-state index contributed by atoms with van der Waals surface area (Å²) in [7, 11) is 1.58. The Hall–Kier alpha value is -2.71. The number of rotatable bonds is 10. The number of aromatic nitrogens is 1. The number of carbonyl (C=O) groups is 2. The van der Waals surface area contributed by atoms with Crippen LogP contribution in [0.2, 0.25) is 0 Å². The summed E-state index contributed by atoms with van der Waals surface area (Å²) in [5, 5.41) is 6.80. The Kier molecular flexibility index (Phi) is 8.20. The molecular weight excluding hydrogens is 398 g/mol. The maximum Gasteiger partial charge on any atom is 0.276 e. The van der Waals surface area contributed by atoms with Gasteiger partial charge in [0.25, 0.3) is 5.91 Å². The van der Waals surface area contributed by atoms with Gasteiger partial charge in [0.1, 0.15) is 0 Å². The minimum atomic E-state index is -0.263. The second-order valence-corrected chi connectivity index (χ2v) is 7.87. The molecule has 168 valence electrons. The second kappa shape index (κ2) is 11.1. The number of methoxy groups -OCH3 is 1. The number of ether oxygens (including phenoxy) is 2. The van der Waals surface area contributed by atoms with Gasteiger partial charge >= 0.3 is 0 Å². The number of nitrogens with zero attached hydrogens (tertiary/aromatic N) is 2. The van der Waals surface area contributed by atoms with E-state index in [0.29, 0.717) is 32.1 Å². The molecule has 31 heavy (non-hydrogen) atoms. The number of carbonyl (C=O) groups excluding carboxylic acids is 2. The lowest BCUT2D eigenvalue weighted by Gasteiger charge is -2.24. The van der Waals surface area contributed by atoms with E-state index in [4.69, 9.17) is 14.0 Å². The molecule has 0 radical (unpaired) electrons. The Labute approximate surface area is 182 Å². The van der Waals surface area contributed by atoms with E-state index >= 15 is 0 Å². The van der Waals surface area contributed by atoms with E-state index in [1.165, 1.54) is 0 Å². The molecule has 8 nitrogen and oxygen atoms in total. The van der Waals surface area contributed by atoms with E-state index in [0.717, 1.165) is 29.5 Å². The first-order valence-electron chi connectivity index (χ1n) is 10.7. The van der Waals surface area contributed by atoms with Gasteiger partial charge in [-0.25, -0.2) is 0 Å². The molecule has 1 saturated heterocycles. The van der Waals surface area contributed by atoms with Crippen LogP contribution in [0, 0.1) is 13.8 Å². The van der Waals surface area contributed by atoms with Crippen molar-refractivity contribution < 1.29 is 23.6 Å². The van der Waals surface area contributed by atoms with Crippen LogP contribution in [0.25, 0.3) is 11.3 Å². The summed E-state index contributed by atoms with van der Waals surface area (Å²) in [4.78, 5) is 26.9. The molecule has 2 aromatic rings. The summed E-state index contributed by atoms with van der Waals surface area (Å²) >= 11 is 0. The van der Waals surface area contributed by atoms with Gasteiger partial charge in [0.2, 0.25) is 5.91 Å². The summed E-state index contributed by atoms with van der Waals surface area (Å²) in [6.45, 7) is 6.29. The largest absolute Gasteiger partial charge is 0.383 e. The highest BCUT2D eigenvalue weighted by Crippen LogP contribution is 2.26. The zero-order valence-corrected chi connectivity index (χ0v) is 18.5. The number of hydrogen-bond acceptors (Lipinski definition) is 6. The van der Waals surface area contributed by atoms with Crippen LogP contribution < -0.4 is 5.32 Å². The van der Waals surface area contributed by atoms with Crippen molar-refractivity contribution in [1.29, 1.82) is 0 Å². The molecule has 1 fully saturated rings. The van der Waals surface area contributed by atoms with E-state index in [9.17, 15) is 9.59 Å². The molecule has 2 heterocycles. The maximum atomic E-state index is 13.2. The van der Waals surface area contributed by atoms with Gasteiger partial charge in [0.15, 0.2) is 11.5 Å². The minimum absolute atomic E-state index is 0.0223. The standard InChI is InChI=1S/C23H31N3O5/c1-16-6-7-17(2)19(13-16)21-14-20(25-31-21)23(28)26(15-18-5-4-11-30-18)10-8-22(27)24-9-12-29-3/h6-7,13-14,18H,4-5,8-12,15H2,1-3H3,(H,24,27)/t18-/m0/s1. The first kappa shape index (κ1) is 23.0. The number of amides is 2. The highest BCUT2D eigenvalue weighted by Gasteiger charge is 2.26. The molecule has 8 heteroatoms. The third-order valence-corrected chi connectivity index (χ3v) is 5.36. The number of benzene rings is 1. The van der Waals surface area contributed by atoms with Gasteiger partial charge in [0, 0.05) is 51.4 Å².